The lowest BCUT2D eigenvalue weighted by atomic mass is 9.95. The molecule has 0 radical (unpaired) electrons. The van der Waals surface area contributed by atoms with E-state index in [0.717, 1.165) is 19.5 Å². The molecule has 0 aromatic rings. The first-order chi connectivity index (χ1) is 7.63. The van der Waals surface area contributed by atoms with E-state index < -0.39 is 0 Å². The number of carbonyl (C=O) groups is 1. The molecule has 94 valence electrons. The van der Waals surface area contributed by atoms with Gasteiger partial charge in [0.2, 0.25) is 5.91 Å². The molecule has 0 aliphatic carbocycles. The Morgan fingerprint density at radius 1 is 1.50 bits per heavy atom. The van der Waals surface area contributed by atoms with Crippen LogP contribution < -0.4 is 10.6 Å². The van der Waals surface area contributed by atoms with Gasteiger partial charge in [0.25, 0.3) is 0 Å². The van der Waals surface area contributed by atoms with Crippen molar-refractivity contribution in [1.29, 1.82) is 0 Å². The first-order valence-electron chi connectivity index (χ1n) is 6.63. The quantitative estimate of drug-likeness (QED) is 0.752. The van der Waals surface area contributed by atoms with Gasteiger partial charge < -0.3 is 10.6 Å². The highest BCUT2D eigenvalue weighted by Gasteiger charge is 2.19. The normalized spacial score (nSPS) is 24.8. The van der Waals surface area contributed by atoms with Crippen molar-refractivity contribution in [3.63, 3.8) is 0 Å². The summed E-state index contributed by atoms with van der Waals surface area (Å²) in [5.41, 5.74) is 0. The topological polar surface area (TPSA) is 41.1 Å². The summed E-state index contributed by atoms with van der Waals surface area (Å²) in [5.74, 6) is 1.33. The molecule has 0 aromatic heterocycles. The first kappa shape index (κ1) is 13.5. The van der Waals surface area contributed by atoms with Crippen molar-refractivity contribution < 1.29 is 4.79 Å². The van der Waals surface area contributed by atoms with Gasteiger partial charge in [-0.15, -0.1) is 0 Å². The number of hydrogen-bond donors (Lipinski definition) is 2. The number of rotatable bonds is 5. The zero-order chi connectivity index (χ0) is 12.0. The summed E-state index contributed by atoms with van der Waals surface area (Å²) in [5, 5.41) is 6.46. The van der Waals surface area contributed by atoms with Gasteiger partial charge in [0, 0.05) is 12.5 Å². The van der Waals surface area contributed by atoms with Gasteiger partial charge in [-0.2, -0.15) is 0 Å². The maximum Gasteiger partial charge on any atom is 0.220 e. The average molecular weight is 226 g/mol. The molecule has 1 aliphatic heterocycles. The Bertz CT molecular complexity index is 206. The smallest absolute Gasteiger partial charge is 0.220 e. The Morgan fingerprint density at radius 3 is 2.81 bits per heavy atom. The van der Waals surface area contributed by atoms with Crippen molar-refractivity contribution in [3.8, 4) is 0 Å². The molecule has 1 heterocycles. The number of amides is 1. The van der Waals surface area contributed by atoms with Crippen LogP contribution in [0, 0.1) is 11.8 Å². The van der Waals surface area contributed by atoms with E-state index in [4.69, 9.17) is 0 Å². The van der Waals surface area contributed by atoms with Crippen LogP contribution in [0.15, 0.2) is 0 Å². The van der Waals surface area contributed by atoms with Crippen molar-refractivity contribution in [2.45, 2.75) is 52.5 Å². The van der Waals surface area contributed by atoms with Crippen LogP contribution in [-0.4, -0.2) is 25.0 Å². The van der Waals surface area contributed by atoms with E-state index in [1.54, 1.807) is 0 Å². The molecule has 3 unspecified atom stereocenters. The van der Waals surface area contributed by atoms with Crippen LogP contribution in [0.1, 0.15) is 46.5 Å². The maximum absolute atomic E-state index is 11.8. The highest BCUT2D eigenvalue weighted by Crippen LogP contribution is 2.14. The summed E-state index contributed by atoms with van der Waals surface area (Å²) in [4.78, 5) is 11.8. The second-order valence-corrected chi connectivity index (χ2v) is 5.16. The third kappa shape index (κ3) is 4.52. The SMILES string of the molecule is CCC(C)C(C)NC(=O)CC1CCCNC1. The van der Waals surface area contributed by atoms with Crippen molar-refractivity contribution in [1.82, 2.24) is 10.6 Å². The summed E-state index contributed by atoms with van der Waals surface area (Å²) in [6.45, 7) is 8.57. The fraction of sp³-hybridized carbons (Fsp3) is 0.923. The van der Waals surface area contributed by atoms with Crippen molar-refractivity contribution in [2.24, 2.45) is 11.8 Å². The largest absolute Gasteiger partial charge is 0.353 e. The van der Waals surface area contributed by atoms with E-state index in [2.05, 4.69) is 31.4 Å². The Hall–Kier alpha value is -0.570. The predicted octanol–water partition coefficient (Wildman–Crippen LogP) is 1.93. The molecule has 0 aromatic carbocycles. The Labute approximate surface area is 99.4 Å². The third-order valence-electron chi connectivity index (χ3n) is 3.76. The van der Waals surface area contributed by atoms with Gasteiger partial charge in [0.15, 0.2) is 0 Å². The van der Waals surface area contributed by atoms with Gasteiger partial charge in [-0.3, -0.25) is 4.79 Å². The van der Waals surface area contributed by atoms with Gasteiger partial charge in [-0.05, 0) is 44.7 Å². The van der Waals surface area contributed by atoms with Crippen LogP contribution >= 0.6 is 0 Å². The van der Waals surface area contributed by atoms with Crippen LogP contribution in [0.25, 0.3) is 0 Å². The summed E-state index contributed by atoms with van der Waals surface area (Å²) in [6, 6.07) is 0.300. The van der Waals surface area contributed by atoms with Crippen molar-refractivity contribution >= 4 is 5.91 Å². The molecule has 1 amide bonds. The Kier molecular flexibility index (Phi) is 5.81. The summed E-state index contributed by atoms with van der Waals surface area (Å²) in [6.07, 6.45) is 4.21. The molecule has 0 bridgehead atoms. The van der Waals surface area contributed by atoms with Crippen LogP contribution in [0.2, 0.25) is 0 Å². The summed E-state index contributed by atoms with van der Waals surface area (Å²) < 4.78 is 0. The molecular weight excluding hydrogens is 200 g/mol. The van der Waals surface area contributed by atoms with E-state index in [1.807, 2.05) is 0 Å². The number of piperidine rings is 1. The number of nitrogens with one attached hydrogen (secondary N) is 2. The Balaban J connectivity index is 2.23. The lowest BCUT2D eigenvalue weighted by molar-refractivity contribution is -0.123. The van der Waals surface area contributed by atoms with E-state index in [0.29, 0.717) is 24.3 Å². The molecule has 1 aliphatic rings. The fourth-order valence-electron chi connectivity index (χ4n) is 2.17. The zero-order valence-electron chi connectivity index (χ0n) is 10.9. The molecule has 3 heteroatoms. The average Bonchev–Trinajstić information content (AvgIpc) is 2.29. The highest BCUT2D eigenvalue weighted by atomic mass is 16.1. The van der Waals surface area contributed by atoms with E-state index >= 15 is 0 Å². The van der Waals surface area contributed by atoms with Crippen LogP contribution in [0.3, 0.4) is 0 Å². The van der Waals surface area contributed by atoms with Gasteiger partial charge in [-0.25, -0.2) is 0 Å². The standard InChI is InChI=1S/C13H26N2O/c1-4-10(2)11(3)15-13(16)8-12-6-5-7-14-9-12/h10-12,14H,4-9H2,1-3H3,(H,15,16). The fourth-order valence-corrected chi connectivity index (χ4v) is 2.17. The molecule has 1 fully saturated rings. The lowest BCUT2D eigenvalue weighted by Gasteiger charge is -2.24. The molecule has 0 saturated carbocycles. The zero-order valence-corrected chi connectivity index (χ0v) is 10.9. The van der Waals surface area contributed by atoms with Crippen molar-refractivity contribution in [3.05, 3.63) is 0 Å². The minimum Gasteiger partial charge on any atom is -0.353 e. The molecular formula is C13H26N2O. The minimum absolute atomic E-state index is 0.224. The van der Waals surface area contributed by atoms with E-state index in [1.165, 1.54) is 12.8 Å². The molecule has 2 N–H and O–H groups in total. The second kappa shape index (κ2) is 6.89. The molecule has 1 saturated heterocycles. The van der Waals surface area contributed by atoms with E-state index in [9.17, 15) is 4.79 Å². The van der Waals surface area contributed by atoms with Crippen LogP contribution in [-0.2, 0) is 4.79 Å². The first-order valence-corrected chi connectivity index (χ1v) is 6.63. The monoisotopic (exact) mass is 226 g/mol. The Morgan fingerprint density at radius 2 is 2.25 bits per heavy atom. The van der Waals surface area contributed by atoms with Crippen LogP contribution in [0.4, 0.5) is 0 Å². The van der Waals surface area contributed by atoms with Crippen LogP contribution in [0.5, 0.6) is 0 Å². The second-order valence-electron chi connectivity index (χ2n) is 5.16. The number of hydrogen-bond acceptors (Lipinski definition) is 2. The van der Waals surface area contributed by atoms with Crippen molar-refractivity contribution in [2.75, 3.05) is 13.1 Å². The maximum atomic E-state index is 11.8. The van der Waals surface area contributed by atoms with E-state index in [-0.39, 0.29) is 5.91 Å². The van der Waals surface area contributed by atoms with Gasteiger partial charge in [-0.1, -0.05) is 20.3 Å². The molecule has 16 heavy (non-hydrogen) atoms. The molecule has 3 nitrogen and oxygen atoms in total. The molecule has 0 spiro atoms. The number of carbonyl (C=O) groups excluding carboxylic acids is 1. The van der Waals surface area contributed by atoms with Gasteiger partial charge >= 0.3 is 0 Å². The molecule has 3 atom stereocenters. The summed E-state index contributed by atoms with van der Waals surface area (Å²) >= 11 is 0. The van der Waals surface area contributed by atoms with Gasteiger partial charge in [0.05, 0.1) is 0 Å². The minimum atomic E-state index is 0.224. The summed E-state index contributed by atoms with van der Waals surface area (Å²) in [7, 11) is 0. The predicted molar refractivity (Wildman–Crippen MR) is 67.3 cm³/mol. The highest BCUT2D eigenvalue weighted by molar-refractivity contribution is 5.76. The molecule has 1 rings (SSSR count). The third-order valence-corrected chi connectivity index (χ3v) is 3.76. The lowest BCUT2D eigenvalue weighted by Crippen LogP contribution is -2.39. The van der Waals surface area contributed by atoms with Gasteiger partial charge in [0.1, 0.15) is 0 Å².